The van der Waals surface area contributed by atoms with Crippen molar-refractivity contribution >= 4 is 11.7 Å². The minimum absolute atomic E-state index is 0.0971. The Balaban J connectivity index is 1.94. The third-order valence-electron chi connectivity index (χ3n) is 5.06. The minimum atomic E-state index is -4.40. The lowest BCUT2D eigenvalue weighted by Gasteiger charge is -2.20. The van der Waals surface area contributed by atoms with Crippen LogP contribution in [0.3, 0.4) is 0 Å². The maximum absolute atomic E-state index is 12.9. The van der Waals surface area contributed by atoms with Gasteiger partial charge >= 0.3 is 6.18 Å². The van der Waals surface area contributed by atoms with Crippen molar-refractivity contribution < 1.29 is 22.7 Å². The highest BCUT2D eigenvalue weighted by molar-refractivity contribution is 5.98. The van der Waals surface area contributed by atoms with Crippen LogP contribution in [-0.4, -0.2) is 22.3 Å². The fourth-order valence-corrected chi connectivity index (χ4v) is 3.39. The number of benzene rings is 1. The zero-order chi connectivity index (χ0) is 21.2. The van der Waals surface area contributed by atoms with E-state index in [2.05, 4.69) is 5.10 Å². The molecule has 4 N–H and O–H groups in total. The number of nitrogens with zero attached hydrogens (tertiary/aromatic N) is 2. The summed E-state index contributed by atoms with van der Waals surface area (Å²) in [5.74, 6) is -0.406. The first-order valence-corrected chi connectivity index (χ1v) is 9.65. The van der Waals surface area contributed by atoms with E-state index < -0.39 is 17.6 Å². The van der Waals surface area contributed by atoms with E-state index in [9.17, 15) is 18.0 Å². The van der Waals surface area contributed by atoms with Crippen LogP contribution in [0.5, 0.6) is 0 Å². The summed E-state index contributed by atoms with van der Waals surface area (Å²) in [6.07, 6.45) is -0.756. The molecule has 0 aliphatic heterocycles. The second kappa shape index (κ2) is 8.44. The molecular weight excluding hydrogens is 385 g/mol. The molecule has 1 atom stereocenters. The summed E-state index contributed by atoms with van der Waals surface area (Å²) in [4.78, 5) is 12.0. The van der Waals surface area contributed by atoms with Gasteiger partial charge in [-0.1, -0.05) is 25.5 Å². The fraction of sp³-hybridized carbons (Fsp3) is 0.500. The lowest BCUT2D eigenvalue weighted by atomic mass is 10.0. The average Bonchev–Trinajstić information content (AvgIpc) is 3.43. The molecule has 1 unspecified atom stereocenters. The van der Waals surface area contributed by atoms with E-state index >= 15 is 0 Å². The van der Waals surface area contributed by atoms with E-state index in [1.807, 2.05) is 6.92 Å². The van der Waals surface area contributed by atoms with Crippen LogP contribution in [0.4, 0.5) is 19.0 Å². The van der Waals surface area contributed by atoms with Crippen LogP contribution < -0.4 is 11.5 Å². The summed E-state index contributed by atoms with van der Waals surface area (Å²) in [6.45, 7) is 2.65. The molecule has 0 bridgehead atoms. The minimum Gasteiger partial charge on any atom is -0.383 e. The third-order valence-corrected chi connectivity index (χ3v) is 5.06. The SMILES string of the molecule is CCCCOCc1nn(C(c2ccc(C(F)(F)F)cc2)C2CC2)c(N)c1C(N)=O. The number of nitrogens with two attached hydrogens (primary N) is 2. The zero-order valence-electron chi connectivity index (χ0n) is 16.2. The Bertz CT molecular complexity index is 858. The molecule has 1 amide bonds. The summed E-state index contributed by atoms with van der Waals surface area (Å²) >= 11 is 0. The van der Waals surface area contributed by atoms with E-state index in [1.165, 1.54) is 16.8 Å². The highest BCUT2D eigenvalue weighted by Crippen LogP contribution is 2.45. The highest BCUT2D eigenvalue weighted by Gasteiger charge is 2.38. The first-order chi connectivity index (χ1) is 13.7. The molecule has 158 valence electrons. The molecule has 3 rings (SSSR count). The van der Waals surface area contributed by atoms with Crippen LogP contribution in [0.15, 0.2) is 24.3 Å². The van der Waals surface area contributed by atoms with Crippen LogP contribution in [0.1, 0.15) is 65.8 Å². The van der Waals surface area contributed by atoms with Gasteiger partial charge in [0.25, 0.3) is 5.91 Å². The number of halogens is 3. The van der Waals surface area contributed by atoms with E-state index in [1.54, 1.807) is 0 Å². The number of rotatable bonds is 9. The molecule has 0 radical (unpaired) electrons. The molecule has 0 spiro atoms. The molecule has 1 aliphatic rings. The smallest absolute Gasteiger partial charge is 0.383 e. The first-order valence-electron chi connectivity index (χ1n) is 9.65. The molecule has 1 heterocycles. The van der Waals surface area contributed by atoms with E-state index in [0.717, 1.165) is 37.8 Å². The van der Waals surface area contributed by atoms with Gasteiger partial charge in [-0.2, -0.15) is 18.3 Å². The standard InChI is InChI=1S/C20H25F3N4O2/c1-2-3-10-29-11-15-16(19(25)28)18(24)27(26-15)17(12-4-5-12)13-6-8-14(9-7-13)20(21,22)23/h6-9,12,17H,2-5,10-11,24H2,1H3,(H2,25,28). The maximum Gasteiger partial charge on any atom is 0.416 e. The number of unbranched alkanes of at least 4 members (excludes halogenated alkanes) is 1. The summed E-state index contributed by atoms with van der Waals surface area (Å²) in [5.41, 5.74) is 12.1. The molecule has 2 aromatic rings. The monoisotopic (exact) mass is 410 g/mol. The van der Waals surface area contributed by atoms with Gasteiger partial charge in [-0.25, -0.2) is 4.68 Å². The summed E-state index contributed by atoms with van der Waals surface area (Å²) < 4.78 is 45.8. The molecule has 9 heteroatoms. The predicted molar refractivity (Wildman–Crippen MR) is 102 cm³/mol. The van der Waals surface area contributed by atoms with Crippen molar-refractivity contribution in [3.05, 3.63) is 46.6 Å². The predicted octanol–water partition coefficient (Wildman–Crippen LogP) is 3.90. The topological polar surface area (TPSA) is 96.2 Å². The summed E-state index contributed by atoms with van der Waals surface area (Å²) in [5, 5.41) is 4.48. The van der Waals surface area contributed by atoms with Gasteiger partial charge in [0.05, 0.1) is 18.2 Å². The normalized spacial score (nSPS) is 15.4. The Labute approximate surface area is 167 Å². The number of nitrogen functional groups attached to an aromatic ring is 1. The van der Waals surface area contributed by atoms with Gasteiger partial charge in [-0.05, 0) is 42.9 Å². The highest BCUT2D eigenvalue weighted by atomic mass is 19.4. The van der Waals surface area contributed by atoms with Gasteiger partial charge in [0.2, 0.25) is 0 Å². The van der Waals surface area contributed by atoms with Gasteiger partial charge < -0.3 is 16.2 Å². The molecule has 1 aromatic heterocycles. The van der Waals surface area contributed by atoms with Crippen LogP contribution in [0, 0.1) is 5.92 Å². The number of hydrogen-bond donors (Lipinski definition) is 2. The van der Waals surface area contributed by atoms with Crippen LogP contribution in [0.2, 0.25) is 0 Å². The second-order valence-corrected chi connectivity index (χ2v) is 7.32. The van der Waals surface area contributed by atoms with Gasteiger partial charge in [-0.15, -0.1) is 0 Å². The average molecular weight is 410 g/mol. The van der Waals surface area contributed by atoms with Crippen molar-refractivity contribution in [2.45, 2.75) is 51.4 Å². The quantitative estimate of drug-likeness (QED) is 0.613. The van der Waals surface area contributed by atoms with Crippen LogP contribution >= 0.6 is 0 Å². The van der Waals surface area contributed by atoms with E-state index in [-0.39, 0.29) is 29.9 Å². The Kier molecular flexibility index (Phi) is 6.16. The Morgan fingerprint density at radius 1 is 1.31 bits per heavy atom. The lowest BCUT2D eigenvalue weighted by molar-refractivity contribution is -0.137. The Morgan fingerprint density at radius 3 is 2.48 bits per heavy atom. The van der Waals surface area contributed by atoms with Crippen LogP contribution in [0.25, 0.3) is 0 Å². The number of carbonyl (C=O) groups is 1. The summed E-state index contributed by atoms with van der Waals surface area (Å²) in [7, 11) is 0. The molecular formula is C20H25F3N4O2. The first kappa shape index (κ1) is 21.2. The molecule has 1 aliphatic carbocycles. The zero-order valence-corrected chi connectivity index (χ0v) is 16.2. The number of hydrogen-bond acceptors (Lipinski definition) is 4. The number of amides is 1. The number of carbonyl (C=O) groups excluding carboxylic acids is 1. The lowest BCUT2D eigenvalue weighted by Crippen LogP contribution is -2.19. The van der Waals surface area contributed by atoms with Gasteiger partial charge in [-0.3, -0.25) is 4.79 Å². The maximum atomic E-state index is 12.9. The van der Waals surface area contributed by atoms with Gasteiger partial charge in [0.15, 0.2) is 0 Å². The molecule has 1 aromatic carbocycles. The number of anilines is 1. The van der Waals surface area contributed by atoms with Crippen molar-refractivity contribution in [2.24, 2.45) is 11.7 Å². The van der Waals surface area contributed by atoms with Gasteiger partial charge in [0.1, 0.15) is 17.1 Å². The van der Waals surface area contributed by atoms with Crippen molar-refractivity contribution in [1.29, 1.82) is 0 Å². The number of ether oxygens (including phenoxy) is 1. The number of primary amides is 1. The van der Waals surface area contributed by atoms with Crippen LogP contribution in [-0.2, 0) is 17.5 Å². The van der Waals surface area contributed by atoms with Crippen molar-refractivity contribution in [3.8, 4) is 0 Å². The Morgan fingerprint density at radius 2 is 1.97 bits per heavy atom. The second-order valence-electron chi connectivity index (χ2n) is 7.32. The molecule has 1 fully saturated rings. The molecule has 1 saturated carbocycles. The molecule has 6 nitrogen and oxygen atoms in total. The molecule has 0 saturated heterocycles. The van der Waals surface area contributed by atoms with Crippen molar-refractivity contribution in [1.82, 2.24) is 9.78 Å². The number of alkyl halides is 3. The van der Waals surface area contributed by atoms with E-state index in [0.29, 0.717) is 17.9 Å². The summed E-state index contributed by atoms with van der Waals surface area (Å²) in [6, 6.07) is 4.62. The van der Waals surface area contributed by atoms with E-state index in [4.69, 9.17) is 16.2 Å². The third kappa shape index (κ3) is 4.72. The Hall–Kier alpha value is -2.55. The van der Waals surface area contributed by atoms with Crippen molar-refractivity contribution in [3.63, 3.8) is 0 Å². The largest absolute Gasteiger partial charge is 0.416 e. The fourth-order valence-electron chi connectivity index (χ4n) is 3.39. The van der Waals surface area contributed by atoms with Gasteiger partial charge in [0, 0.05) is 6.61 Å². The number of aromatic nitrogens is 2. The molecule has 29 heavy (non-hydrogen) atoms. The van der Waals surface area contributed by atoms with Crippen molar-refractivity contribution in [2.75, 3.05) is 12.3 Å².